The fourth-order valence-corrected chi connectivity index (χ4v) is 4.60. The Balaban J connectivity index is 1.55. The first-order chi connectivity index (χ1) is 16.4. The lowest BCUT2D eigenvalue weighted by molar-refractivity contribution is 0.0919. The molecular weight excluding hydrogens is 444 g/mol. The van der Waals surface area contributed by atoms with Gasteiger partial charge in [-0.1, -0.05) is 24.3 Å². The van der Waals surface area contributed by atoms with Crippen LogP contribution in [0, 0.1) is 32.1 Å². The normalized spacial score (nSPS) is 11.3. The van der Waals surface area contributed by atoms with Gasteiger partial charge in [0.2, 0.25) is 0 Å². The number of rotatable bonds is 7. The highest BCUT2D eigenvalue weighted by atomic mass is 32.1. The van der Waals surface area contributed by atoms with Gasteiger partial charge in [-0.2, -0.15) is 5.26 Å². The summed E-state index contributed by atoms with van der Waals surface area (Å²) in [6.45, 7) is 5.86. The van der Waals surface area contributed by atoms with Crippen LogP contribution in [-0.4, -0.2) is 24.5 Å². The predicted octanol–water partition coefficient (Wildman–Crippen LogP) is 6.56. The summed E-state index contributed by atoms with van der Waals surface area (Å²) in [5.74, 6) is 0.863. The molecule has 1 aromatic heterocycles. The number of benzene rings is 3. The minimum absolute atomic E-state index is 0.0887. The maximum absolute atomic E-state index is 12.8. The average Bonchev–Trinajstić information content (AvgIpc) is 3.27. The molecule has 0 bridgehead atoms. The molecule has 0 radical (unpaired) electrons. The van der Waals surface area contributed by atoms with Crippen molar-refractivity contribution in [2.45, 2.75) is 20.8 Å². The van der Waals surface area contributed by atoms with Crippen molar-refractivity contribution in [3.8, 4) is 17.6 Å². The smallest absolute Gasteiger partial charge is 0.200 e. The fraction of sp³-hybridized carbons (Fsp3) is 0.179. The SMILES string of the molecule is COc1cc(/C=C(/C#N)c2nc3ccccc3s2)ccc1OCC(=O)c1cc(C)c(C)cc1C. The number of carbonyl (C=O) groups excluding carboxylic acids is 1. The number of ether oxygens (including phenoxy) is 2. The third-order valence-electron chi connectivity index (χ3n) is 5.64. The van der Waals surface area contributed by atoms with E-state index in [2.05, 4.69) is 11.1 Å². The largest absolute Gasteiger partial charge is 0.493 e. The van der Waals surface area contributed by atoms with Crippen molar-refractivity contribution in [1.82, 2.24) is 4.98 Å². The van der Waals surface area contributed by atoms with Crippen LogP contribution in [0.1, 0.15) is 37.6 Å². The zero-order valence-electron chi connectivity index (χ0n) is 19.5. The highest BCUT2D eigenvalue weighted by molar-refractivity contribution is 7.19. The molecule has 3 aromatic carbocycles. The Morgan fingerprint density at radius 2 is 1.79 bits per heavy atom. The summed E-state index contributed by atoms with van der Waals surface area (Å²) in [6.07, 6.45) is 1.77. The monoisotopic (exact) mass is 468 g/mol. The van der Waals surface area contributed by atoms with Crippen LogP contribution in [0.2, 0.25) is 0 Å². The maximum Gasteiger partial charge on any atom is 0.200 e. The standard InChI is InChI=1S/C28H24N2O3S/c1-17-11-19(3)22(12-18(17)2)24(31)16-33-25-10-9-20(14-26(25)32-4)13-21(15-29)28-30-23-7-5-6-8-27(23)34-28/h5-14H,16H2,1-4H3/b21-13-. The topological polar surface area (TPSA) is 72.2 Å². The molecule has 0 atom stereocenters. The molecule has 0 fully saturated rings. The van der Waals surface area contributed by atoms with Crippen LogP contribution >= 0.6 is 11.3 Å². The van der Waals surface area contributed by atoms with E-state index in [4.69, 9.17) is 9.47 Å². The second-order valence-corrected chi connectivity index (χ2v) is 9.06. The summed E-state index contributed by atoms with van der Waals surface area (Å²) in [5, 5.41) is 10.4. The van der Waals surface area contributed by atoms with Gasteiger partial charge in [0, 0.05) is 5.56 Å². The highest BCUT2D eigenvalue weighted by Gasteiger charge is 2.14. The first-order valence-electron chi connectivity index (χ1n) is 10.8. The van der Waals surface area contributed by atoms with Crippen LogP contribution < -0.4 is 9.47 Å². The number of aryl methyl sites for hydroxylation is 3. The molecule has 0 saturated heterocycles. The second-order valence-electron chi connectivity index (χ2n) is 8.03. The number of aromatic nitrogens is 1. The number of carbonyl (C=O) groups is 1. The summed E-state index contributed by atoms with van der Waals surface area (Å²) in [4.78, 5) is 17.3. The average molecular weight is 469 g/mol. The molecule has 0 spiro atoms. The molecule has 4 rings (SSSR count). The van der Waals surface area contributed by atoms with Crippen LogP contribution in [0.15, 0.2) is 54.6 Å². The molecule has 0 saturated carbocycles. The molecule has 0 unspecified atom stereocenters. The number of nitriles is 1. The zero-order chi connectivity index (χ0) is 24.2. The minimum atomic E-state index is -0.0932. The quantitative estimate of drug-likeness (QED) is 0.227. The lowest BCUT2D eigenvalue weighted by Gasteiger charge is -2.13. The van der Waals surface area contributed by atoms with Crippen molar-refractivity contribution < 1.29 is 14.3 Å². The van der Waals surface area contributed by atoms with Crippen molar-refractivity contribution in [3.05, 3.63) is 87.4 Å². The Kier molecular flexibility index (Phi) is 6.76. The number of hydrogen-bond acceptors (Lipinski definition) is 6. The number of ketones is 1. The molecule has 0 aliphatic heterocycles. The van der Waals surface area contributed by atoms with E-state index in [-0.39, 0.29) is 12.4 Å². The summed E-state index contributed by atoms with van der Waals surface area (Å²) in [5.41, 5.74) is 5.94. The summed E-state index contributed by atoms with van der Waals surface area (Å²) in [6, 6.07) is 19.3. The summed E-state index contributed by atoms with van der Waals surface area (Å²) in [7, 11) is 1.55. The van der Waals surface area contributed by atoms with Gasteiger partial charge in [-0.05, 0) is 79.4 Å². The number of allylic oxidation sites excluding steroid dienone is 1. The number of methoxy groups -OCH3 is 1. The number of hydrogen-bond donors (Lipinski definition) is 0. The molecule has 0 amide bonds. The summed E-state index contributed by atoms with van der Waals surface area (Å²) < 4.78 is 12.3. The number of para-hydroxylation sites is 1. The van der Waals surface area contributed by atoms with Crippen LogP contribution in [0.4, 0.5) is 0 Å². The molecular formula is C28H24N2O3S. The molecule has 5 nitrogen and oxygen atoms in total. The van der Waals surface area contributed by atoms with E-state index in [1.165, 1.54) is 11.3 Å². The number of nitrogens with zero attached hydrogens (tertiary/aromatic N) is 2. The van der Waals surface area contributed by atoms with Crippen LogP contribution in [-0.2, 0) is 0 Å². The predicted molar refractivity (Wildman–Crippen MR) is 137 cm³/mol. The molecule has 1 heterocycles. The van der Waals surface area contributed by atoms with Crippen LogP contribution in [0.3, 0.4) is 0 Å². The first-order valence-corrected chi connectivity index (χ1v) is 11.6. The van der Waals surface area contributed by atoms with E-state index in [0.29, 0.717) is 27.6 Å². The van der Waals surface area contributed by atoms with Crippen molar-refractivity contribution in [3.63, 3.8) is 0 Å². The van der Waals surface area contributed by atoms with E-state index >= 15 is 0 Å². The Morgan fingerprint density at radius 3 is 2.53 bits per heavy atom. The first kappa shape index (κ1) is 23.2. The van der Waals surface area contributed by atoms with E-state index in [1.807, 2.05) is 63.2 Å². The van der Waals surface area contributed by atoms with Gasteiger partial charge in [-0.3, -0.25) is 4.79 Å². The Bertz CT molecular complexity index is 1430. The van der Waals surface area contributed by atoms with Crippen LogP contribution in [0.5, 0.6) is 11.5 Å². The maximum atomic E-state index is 12.8. The van der Waals surface area contributed by atoms with Gasteiger partial charge in [-0.25, -0.2) is 4.98 Å². The van der Waals surface area contributed by atoms with Crippen molar-refractivity contribution >= 4 is 39.0 Å². The van der Waals surface area contributed by atoms with Gasteiger partial charge in [0.25, 0.3) is 0 Å². The molecule has 0 aliphatic rings. The number of Topliss-reactive ketones (excluding diaryl/α,β-unsaturated/α-hetero) is 1. The van der Waals surface area contributed by atoms with E-state index in [1.54, 1.807) is 25.3 Å². The molecule has 4 aromatic rings. The summed E-state index contributed by atoms with van der Waals surface area (Å²) >= 11 is 1.48. The molecule has 34 heavy (non-hydrogen) atoms. The van der Waals surface area contributed by atoms with E-state index < -0.39 is 0 Å². The van der Waals surface area contributed by atoms with Gasteiger partial charge >= 0.3 is 0 Å². The third kappa shape index (κ3) is 4.85. The Hall–Kier alpha value is -3.95. The van der Waals surface area contributed by atoms with E-state index in [0.717, 1.165) is 32.5 Å². The van der Waals surface area contributed by atoms with Crippen molar-refractivity contribution in [2.75, 3.05) is 13.7 Å². The molecule has 170 valence electrons. The van der Waals surface area contributed by atoms with Gasteiger partial charge in [0.1, 0.15) is 11.1 Å². The van der Waals surface area contributed by atoms with Gasteiger partial charge < -0.3 is 9.47 Å². The Morgan fingerprint density at radius 1 is 1.03 bits per heavy atom. The zero-order valence-corrected chi connectivity index (χ0v) is 20.3. The van der Waals surface area contributed by atoms with Crippen molar-refractivity contribution in [1.29, 1.82) is 5.26 Å². The molecule has 0 aliphatic carbocycles. The van der Waals surface area contributed by atoms with E-state index in [9.17, 15) is 10.1 Å². The second kappa shape index (κ2) is 9.90. The van der Waals surface area contributed by atoms with Crippen LogP contribution in [0.25, 0.3) is 21.9 Å². The number of fused-ring (bicyclic) bond motifs is 1. The lowest BCUT2D eigenvalue weighted by Crippen LogP contribution is -2.14. The van der Waals surface area contributed by atoms with Crippen molar-refractivity contribution in [2.24, 2.45) is 0 Å². The Labute approximate surface area is 202 Å². The minimum Gasteiger partial charge on any atom is -0.493 e. The van der Waals surface area contributed by atoms with Gasteiger partial charge in [0.05, 0.1) is 22.9 Å². The molecule has 6 heteroatoms. The highest BCUT2D eigenvalue weighted by Crippen LogP contribution is 2.32. The van der Waals surface area contributed by atoms with Gasteiger partial charge in [-0.15, -0.1) is 11.3 Å². The lowest BCUT2D eigenvalue weighted by atomic mass is 9.98. The third-order valence-corrected chi connectivity index (χ3v) is 6.71. The molecule has 0 N–H and O–H groups in total. The number of thiazole rings is 1. The van der Waals surface area contributed by atoms with Gasteiger partial charge in [0.15, 0.2) is 23.9 Å². The fourth-order valence-electron chi connectivity index (χ4n) is 3.67.